The monoisotopic (exact) mass is 649 g/mol. The standard InChI is InChI=1S/C33H47NO6S3/c1-20(30(35)37-8)18-39-14-12-21-16-26(32(2,3)4)42-28(21)24-10-11-25(41-24)29-22(17-27(43-29)33(5,6)7)13-15-40-19-23(34)31(36)38-9/h10-11,16-17,20,23H,12-15,18-19,34H2,1-9H3. The number of hydrogen-bond acceptors (Lipinski definition) is 10. The van der Waals surface area contributed by atoms with Crippen LogP contribution >= 0.6 is 34.0 Å². The number of rotatable bonds is 14. The number of esters is 2. The summed E-state index contributed by atoms with van der Waals surface area (Å²) in [4.78, 5) is 31.0. The number of thiophene rings is 3. The molecule has 3 rings (SSSR count). The zero-order chi connectivity index (χ0) is 31.9. The number of ether oxygens (including phenoxy) is 4. The third-order valence-electron chi connectivity index (χ3n) is 6.95. The van der Waals surface area contributed by atoms with Gasteiger partial charge in [-0.25, -0.2) is 0 Å². The second-order valence-electron chi connectivity index (χ2n) is 12.8. The zero-order valence-corrected chi connectivity index (χ0v) is 29.4. The minimum atomic E-state index is -0.781. The summed E-state index contributed by atoms with van der Waals surface area (Å²) in [6, 6.07) is 8.29. The minimum absolute atomic E-state index is 0.0275. The van der Waals surface area contributed by atoms with E-state index in [0.29, 0.717) is 19.8 Å². The molecule has 3 aromatic rings. The van der Waals surface area contributed by atoms with E-state index in [2.05, 4.69) is 65.8 Å². The van der Waals surface area contributed by atoms with E-state index >= 15 is 0 Å². The van der Waals surface area contributed by atoms with Crippen LogP contribution in [-0.4, -0.2) is 58.6 Å². The van der Waals surface area contributed by atoms with Crippen LogP contribution in [0.3, 0.4) is 0 Å². The molecule has 0 bridgehead atoms. The Bertz CT molecular complexity index is 1260. The van der Waals surface area contributed by atoms with Crippen molar-refractivity contribution in [2.24, 2.45) is 11.7 Å². The number of carbonyl (C=O) groups excluding carboxylic acids is 2. The normalized spacial score (nSPS) is 13.6. The van der Waals surface area contributed by atoms with Gasteiger partial charge in [0.05, 0.1) is 46.6 Å². The fraction of sp³-hybridized carbons (Fsp3) is 0.576. The Morgan fingerprint density at radius 1 is 0.744 bits per heavy atom. The summed E-state index contributed by atoms with van der Waals surface area (Å²) in [7, 11) is 2.73. The van der Waals surface area contributed by atoms with E-state index < -0.39 is 12.0 Å². The minimum Gasteiger partial charge on any atom is -0.469 e. The SMILES string of the molecule is COC(=O)C(C)COCCc1cc(C(C)(C)C)sc1-c1ccc(-c2sc(C(C)(C)C)cc2CCOCC(N)C(=O)OC)s1. The smallest absolute Gasteiger partial charge is 0.325 e. The number of carbonyl (C=O) groups is 2. The van der Waals surface area contributed by atoms with Gasteiger partial charge in [0.15, 0.2) is 0 Å². The molecule has 0 saturated carbocycles. The summed E-state index contributed by atoms with van der Waals surface area (Å²) in [6.45, 7) is 16.7. The van der Waals surface area contributed by atoms with Crippen molar-refractivity contribution >= 4 is 45.9 Å². The first-order valence-electron chi connectivity index (χ1n) is 14.6. The number of methoxy groups -OCH3 is 2. The third kappa shape index (κ3) is 9.70. The summed E-state index contributed by atoms with van der Waals surface area (Å²) in [6.07, 6.45) is 1.50. The van der Waals surface area contributed by atoms with Crippen LogP contribution in [-0.2, 0) is 52.2 Å². The topological polar surface area (TPSA) is 97.1 Å². The van der Waals surface area contributed by atoms with Crippen molar-refractivity contribution in [1.82, 2.24) is 0 Å². The molecule has 2 atom stereocenters. The quantitative estimate of drug-likeness (QED) is 0.145. The van der Waals surface area contributed by atoms with Crippen LogP contribution in [0.15, 0.2) is 24.3 Å². The van der Waals surface area contributed by atoms with Crippen molar-refractivity contribution < 1.29 is 28.5 Å². The molecule has 3 heterocycles. The Morgan fingerprint density at radius 3 is 1.60 bits per heavy atom. The lowest BCUT2D eigenvalue weighted by molar-refractivity contribution is -0.147. The van der Waals surface area contributed by atoms with Gasteiger partial charge in [-0.2, -0.15) is 0 Å². The molecule has 0 aliphatic rings. The molecule has 0 aromatic carbocycles. The fourth-order valence-corrected chi connectivity index (χ4v) is 8.12. The first-order chi connectivity index (χ1) is 20.1. The van der Waals surface area contributed by atoms with Crippen molar-refractivity contribution in [3.63, 3.8) is 0 Å². The predicted octanol–water partition coefficient (Wildman–Crippen LogP) is 7.23. The molecule has 0 saturated heterocycles. The van der Waals surface area contributed by atoms with Crippen molar-refractivity contribution in [2.75, 3.05) is 40.6 Å². The Morgan fingerprint density at radius 2 is 1.19 bits per heavy atom. The molecule has 43 heavy (non-hydrogen) atoms. The highest BCUT2D eigenvalue weighted by atomic mass is 32.1. The molecule has 238 valence electrons. The predicted molar refractivity (Wildman–Crippen MR) is 179 cm³/mol. The van der Waals surface area contributed by atoms with E-state index in [-0.39, 0.29) is 29.3 Å². The molecule has 0 radical (unpaired) electrons. The molecular weight excluding hydrogens is 603 g/mol. The number of hydrogen-bond donors (Lipinski definition) is 1. The first-order valence-corrected chi connectivity index (χ1v) is 17.0. The van der Waals surface area contributed by atoms with E-state index in [4.69, 9.17) is 24.7 Å². The Labute approximate surface area is 268 Å². The van der Waals surface area contributed by atoms with Crippen molar-refractivity contribution in [3.05, 3.63) is 45.1 Å². The molecule has 0 aliphatic heterocycles. The lowest BCUT2D eigenvalue weighted by Crippen LogP contribution is -2.36. The van der Waals surface area contributed by atoms with Crippen molar-refractivity contribution in [3.8, 4) is 19.5 Å². The van der Waals surface area contributed by atoms with Crippen LogP contribution in [0.2, 0.25) is 0 Å². The molecule has 2 N–H and O–H groups in total. The van der Waals surface area contributed by atoms with Crippen LogP contribution in [0.5, 0.6) is 0 Å². The van der Waals surface area contributed by atoms with Gasteiger partial charge in [0, 0.05) is 29.3 Å². The van der Waals surface area contributed by atoms with Gasteiger partial charge in [0.1, 0.15) is 6.04 Å². The first kappa shape index (κ1) is 35.4. The maximum Gasteiger partial charge on any atom is 0.325 e. The van der Waals surface area contributed by atoms with Crippen LogP contribution in [0.25, 0.3) is 19.5 Å². The van der Waals surface area contributed by atoms with Crippen LogP contribution in [0.4, 0.5) is 0 Å². The summed E-state index contributed by atoms with van der Waals surface area (Å²) in [5.74, 6) is -1.01. The lowest BCUT2D eigenvalue weighted by Gasteiger charge is -2.15. The average Bonchev–Trinajstić information content (AvgIpc) is 3.69. The van der Waals surface area contributed by atoms with Gasteiger partial charge < -0.3 is 24.7 Å². The fourth-order valence-electron chi connectivity index (χ4n) is 4.29. The molecule has 3 aromatic heterocycles. The molecule has 2 unspecified atom stereocenters. The van der Waals surface area contributed by atoms with Gasteiger partial charge in [-0.1, -0.05) is 41.5 Å². The second-order valence-corrected chi connectivity index (χ2v) is 16.0. The van der Waals surface area contributed by atoms with E-state index in [0.717, 1.165) is 12.8 Å². The zero-order valence-electron chi connectivity index (χ0n) is 27.0. The highest BCUT2D eigenvalue weighted by molar-refractivity contribution is 7.26. The Hall–Kier alpha value is -2.08. The summed E-state index contributed by atoms with van der Waals surface area (Å²) < 4.78 is 21.2. The molecular formula is C33H47NO6S3. The molecule has 7 nitrogen and oxygen atoms in total. The van der Waals surface area contributed by atoms with E-state index in [9.17, 15) is 9.59 Å². The summed E-state index contributed by atoms with van der Waals surface area (Å²) in [5, 5.41) is 0. The van der Waals surface area contributed by atoms with Gasteiger partial charge in [-0.05, 0) is 66.0 Å². The van der Waals surface area contributed by atoms with E-state index in [1.807, 2.05) is 40.9 Å². The molecule has 0 amide bonds. The second kappa shape index (κ2) is 15.3. The van der Waals surface area contributed by atoms with Crippen LogP contribution in [0, 0.1) is 5.92 Å². The highest BCUT2D eigenvalue weighted by Crippen LogP contribution is 2.46. The van der Waals surface area contributed by atoms with Gasteiger partial charge in [0.25, 0.3) is 0 Å². The maximum atomic E-state index is 11.7. The maximum absolute atomic E-state index is 11.7. The van der Waals surface area contributed by atoms with Crippen LogP contribution < -0.4 is 5.73 Å². The third-order valence-corrected chi connectivity index (χ3v) is 11.6. The highest BCUT2D eigenvalue weighted by Gasteiger charge is 2.24. The van der Waals surface area contributed by atoms with Gasteiger partial charge >= 0.3 is 11.9 Å². The summed E-state index contributed by atoms with van der Waals surface area (Å²) >= 11 is 5.51. The van der Waals surface area contributed by atoms with Crippen molar-refractivity contribution in [1.29, 1.82) is 0 Å². The Balaban J connectivity index is 1.83. The molecule has 0 spiro atoms. The van der Waals surface area contributed by atoms with Gasteiger partial charge in [0.2, 0.25) is 0 Å². The van der Waals surface area contributed by atoms with Gasteiger partial charge in [-0.15, -0.1) is 34.0 Å². The lowest BCUT2D eigenvalue weighted by atomic mass is 9.94. The number of nitrogens with two attached hydrogens (primary N) is 1. The van der Waals surface area contributed by atoms with E-state index in [1.165, 1.54) is 54.6 Å². The average molecular weight is 650 g/mol. The van der Waals surface area contributed by atoms with Crippen molar-refractivity contribution in [2.45, 2.75) is 78.2 Å². The molecule has 0 fully saturated rings. The molecule has 0 aliphatic carbocycles. The molecule has 10 heteroatoms. The van der Waals surface area contributed by atoms with Gasteiger partial charge in [-0.3, -0.25) is 9.59 Å². The largest absolute Gasteiger partial charge is 0.469 e. The summed E-state index contributed by atoms with van der Waals surface area (Å²) in [5.41, 5.74) is 8.41. The van der Waals surface area contributed by atoms with E-state index in [1.54, 1.807) is 0 Å². The Kier molecular flexibility index (Phi) is 12.6. The van der Waals surface area contributed by atoms with Crippen LogP contribution in [0.1, 0.15) is 69.3 Å².